The first-order chi connectivity index (χ1) is 8.06. The minimum atomic E-state index is -0.288. The molecular weight excluding hydrogens is 283 g/mol. The molecule has 0 bridgehead atoms. The molecule has 0 unspecified atom stereocenters. The Balaban J connectivity index is 2.34. The first-order valence-corrected chi connectivity index (χ1v) is 5.94. The maximum Gasteiger partial charge on any atom is 0.146 e. The topological polar surface area (TPSA) is 38.0 Å². The van der Waals surface area contributed by atoms with Gasteiger partial charge in [-0.05, 0) is 42.8 Å². The van der Waals surface area contributed by atoms with Crippen LogP contribution in [-0.2, 0) is 0 Å². The van der Waals surface area contributed by atoms with E-state index >= 15 is 0 Å². The van der Waals surface area contributed by atoms with Crippen molar-refractivity contribution >= 4 is 33.0 Å². The molecule has 2 aromatic rings. The van der Waals surface area contributed by atoms with Crippen LogP contribution in [-0.4, -0.2) is 0 Å². The second-order valence-electron chi connectivity index (χ2n) is 3.84. The minimum Gasteiger partial charge on any atom is -0.397 e. The fourth-order valence-electron chi connectivity index (χ4n) is 1.50. The zero-order valence-electron chi connectivity index (χ0n) is 9.30. The summed E-state index contributed by atoms with van der Waals surface area (Å²) in [6.07, 6.45) is 0. The van der Waals surface area contributed by atoms with Gasteiger partial charge in [0.25, 0.3) is 0 Å². The van der Waals surface area contributed by atoms with Crippen LogP contribution in [0.5, 0.6) is 0 Å². The fraction of sp³-hybridized carbons (Fsp3) is 0.0769. The molecule has 0 aliphatic rings. The summed E-state index contributed by atoms with van der Waals surface area (Å²) < 4.78 is 14.5. The van der Waals surface area contributed by atoms with Gasteiger partial charge >= 0.3 is 0 Å². The molecule has 88 valence electrons. The molecule has 2 rings (SSSR count). The van der Waals surface area contributed by atoms with Gasteiger partial charge in [0, 0.05) is 4.47 Å². The molecule has 0 aromatic heterocycles. The Bertz CT molecular complexity index is 555. The Morgan fingerprint density at radius 3 is 2.59 bits per heavy atom. The normalized spacial score (nSPS) is 10.3. The Kier molecular flexibility index (Phi) is 3.33. The van der Waals surface area contributed by atoms with Crippen LogP contribution in [0.15, 0.2) is 40.9 Å². The highest BCUT2D eigenvalue weighted by molar-refractivity contribution is 9.10. The first kappa shape index (κ1) is 11.9. The van der Waals surface area contributed by atoms with Crippen molar-refractivity contribution in [2.75, 3.05) is 11.1 Å². The van der Waals surface area contributed by atoms with Gasteiger partial charge in [0.15, 0.2) is 0 Å². The lowest BCUT2D eigenvalue weighted by Crippen LogP contribution is -1.98. The van der Waals surface area contributed by atoms with E-state index in [4.69, 9.17) is 5.73 Å². The van der Waals surface area contributed by atoms with E-state index in [1.54, 1.807) is 12.1 Å². The number of nitrogens with one attached hydrogen (secondary N) is 1. The third kappa shape index (κ3) is 2.77. The largest absolute Gasteiger partial charge is 0.397 e. The average molecular weight is 295 g/mol. The van der Waals surface area contributed by atoms with E-state index in [-0.39, 0.29) is 5.82 Å². The summed E-state index contributed by atoms with van der Waals surface area (Å²) >= 11 is 3.35. The summed E-state index contributed by atoms with van der Waals surface area (Å²) in [7, 11) is 0. The molecule has 17 heavy (non-hydrogen) atoms. The average Bonchev–Trinajstić information content (AvgIpc) is 2.27. The van der Waals surface area contributed by atoms with Gasteiger partial charge in [-0.25, -0.2) is 4.39 Å². The highest BCUT2D eigenvalue weighted by Crippen LogP contribution is 2.28. The first-order valence-electron chi connectivity index (χ1n) is 5.14. The van der Waals surface area contributed by atoms with Gasteiger partial charge in [0.1, 0.15) is 5.82 Å². The molecule has 3 N–H and O–H groups in total. The van der Waals surface area contributed by atoms with E-state index in [1.807, 2.05) is 25.1 Å². The molecule has 0 radical (unpaired) electrons. The Morgan fingerprint density at radius 1 is 1.12 bits per heavy atom. The summed E-state index contributed by atoms with van der Waals surface area (Å²) in [6, 6.07) is 10.4. The molecule has 2 aromatic carbocycles. The number of hydrogen-bond donors (Lipinski definition) is 2. The summed E-state index contributed by atoms with van der Waals surface area (Å²) in [6.45, 7) is 1.85. The van der Waals surface area contributed by atoms with Crippen molar-refractivity contribution in [1.82, 2.24) is 0 Å². The number of benzene rings is 2. The van der Waals surface area contributed by atoms with Gasteiger partial charge < -0.3 is 11.1 Å². The monoisotopic (exact) mass is 294 g/mol. The number of nitrogens with two attached hydrogens (primary N) is 1. The summed E-state index contributed by atoms with van der Waals surface area (Å²) in [5.41, 5.74) is 8.37. The number of halogens is 2. The third-order valence-corrected chi connectivity index (χ3v) is 2.90. The summed E-state index contributed by atoms with van der Waals surface area (Å²) in [4.78, 5) is 0. The number of anilines is 3. The van der Waals surface area contributed by atoms with Gasteiger partial charge in [-0.15, -0.1) is 0 Å². The fourth-order valence-corrected chi connectivity index (χ4v) is 1.86. The second-order valence-corrected chi connectivity index (χ2v) is 4.76. The number of nitrogen functional groups attached to an aromatic ring is 1. The van der Waals surface area contributed by atoms with Crippen molar-refractivity contribution < 1.29 is 4.39 Å². The molecule has 0 atom stereocenters. The van der Waals surface area contributed by atoms with Gasteiger partial charge in [-0.2, -0.15) is 0 Å². The van der Waals surface area contributed by atoms with Gasteiger partial charge in [0.2, 0.25) is 0 Å². The van der Waals surface area contributed by atoms with Crippen LogP contribution >= 0.6 is 15.9 Å². The molecule has 0 aliphatic carbocycles. The van der Waals surface area contributed by atoms with Crippen molar-refractivity contribution in [2.45, 2.75) is 6.92 Å². The predicted octanol–water partition coefficient (Wildman–Crippen LogP) is 4.22. The molecule has 0 heterocycles. The predicted molar refractivity (Wildman–Crippen MR) is 73.0 cm³/mol. The van der Waals surface area contributed by atoms with E-state index in [9.17, 15) is 4.39 Å². The summed E-state index contributed by atoms with van der Waals surface area (Å²) in [5, 5.41) is 2.98. The van der Waals surface area contributed by atoms with Crippen LogP contribution < -0.4 is 11.1 Å². The SMILES string of the molecule is Cc1ccc(Nc2cc(Br)ccc2N)c(F)c1. The summed E-state index contributed by atoms with van der Waals surface area (Å²) in [5.74, 6) is -0.288. The van der Waals surface area contributed by atoms with Crippen LogP contribution in [0, 0.1) is 12.7 Å². The minimum absolute atomic E-state index is 0.288. The Labute approximate surface area is 108 Å². The lowest BCUT2D eigenvalue weighted by Gasteiger charge is -2.11. The molecular formula is C13H12BrFN2. The van der Waals surface area contributed by atoms with Gasteiger partial charge in [-0.1, -0.05) is 22.0 Å². The van der Waals surface area contributed by atoms with Gasteiger partial charge in [-0.3, -0.25) is 0 Å². The van der Waals surface area contributed by atoms with E-state index in [0.29, 0.717) is 17.1 Å². The molecule has 4 heteroatoms. The van der Waals surface area contributed by atoms with Crippen molar-refractivity contribution in [2.24, 2.45) is 0 Å². The standard InChI is InChI=1S/C13H12BrFN2/c1-8-2-5-12(10(15)6-8)17-13-7-9(14)3-4-11(13)16/h2-7,17H,16H2,1H3. The van der Waals surface area contributed by atoms with Crippen molar-refractivity contribution in [3.05, 3.63) is 52.3 Å². The smallest absolute Gasteiger partial charge is 0.146 e. The Hall–Kier alpha value is -1.55. The molecule has 0 spiro atoms. The van der Waals surface area contributed by atoms with Crippen molar-refractivity contribution in [3.8, 4) is 0 Å². The molecule has 2 nitrogen and oxygen atoms in total. The van der Waals surface area contributed by atoms with Crippen LogP contribution in [0.3, 0.4) is 0 Å². The number of aryl methyl sites for hydroxylation is 1. The third-order valence-electron chi connectivity index (χ3n) is 2.41. The maximum atomic E-state index is 13.7. The number of rotatable bonds is 2. The second kappa shape index (κ2) is 4.75. The molecule has 0 saturated heterocycles. The lowest BCUT2D eigenvalue weighted by molar-refractivity contribution is 0.631. The van der Waals surface area contributed by atoms with E-state index in [2.05, 4.69) is 21.2 Å². The number of hydrogen-bond acceptors (Lipinski definition) is 2. The van der Waals surface area contributed by atoms with Crippen LogP contribution in [0.4, 0.5) is 21.5 Å². The Morgan fingerprint density at radius 2 is 1.88 bits per heavy atom. The quantitative estimate of drug-likeness (QED) is 0.814. The highest BCUT2D eigenvalue weighted by Gasteiger charge is 2.05. The van der Waals surface area contributed by atoms with Crippen LogP contribution in [0.1, 0.15) is 5.56 Å². The van der Waals surface area contributed by atoms with E-state index in [0.717, 1.165) is 10.0 Å². The van der Waals surface area contributed by atoms with Crippen molar-refractivity contribution in [3.63, 3.8) is 0 Å². The zero-order valence-corrected chi connectivity index (χ0v) is 10.9. The van der Waals surface area contributed by atoms with E-state index in [1.165, 1.54) is 6.07 Å². The molecule has 0 aliphatic heterocycles. The molecule has 0 fully saturated rings. The zero-order chi connectivity index (χ0) is 12.4. The van der Waals surface area contributed by atoms with Gasteiger partial charge in [0.05, 0.1) is 17.1 Å². The van der Waals surface area contributed by atoms with E-state index < -0.39 is 0 Å². The lowest BCUT2D eigenvalue weighted by atomic mass is 10.2. The molecule has 0 amide bonds. The van der Waals surface area contributed by atoms with Crippen molar-refractivity contribution in [1.29, 1.82) is 0 Å². The van der Waals surface area contributed by atoms with Crippen LogP contribution in [0.2, 0.25) is 0 Å². The highest BCUT2D eigenvalue weighted by atomic mass is 79.9. The maximum absolute atomic E-state index is 13.7. The van der Waals surface area contributed by atoms with Crippen LogP contribution in [0.25, 0.3) is 0 Å². The molecule has 0 saturated carbocycles.